The Balaban J connectivity index is 1.88. The first-order chi connectivity index (χ1) is 11.0. The van der Waals surface area contributed by atoms with Crippen molar-refractivity contribution in [2.75, 3.05) is 6.54 Å². The van der Waals surface area contributed by atoms with Gasteiger partial charge in [0.2, 0.25) is 0 Å². The van der Waals surface area contributed by atoms with Crippen LogP contribution in [-0.2, 0) is 4.79 Å². The molecule has 0 spiro atoms. The first kappa shape index (κ1) is 16.5. The monoisotopic (exact) mass is 313 g/mol. The van der Waals surface area contributed by atoms with Gasteiger partial charge in [-0.15, -0.1) is 0 Å². The molecule has 6 nitrogen and oxygen atoms in total. The highest BCUT2D eigenvalue weighted by Gasteiger charge is 2.10. The van der Waals surface area contributed by atoms with E-state index in [0.29, 0.717) is 5.71 Å². The second-order valence-corrected chi connectivity index (χ2v) is 5.21. The molecule has 120 valence electrons. The van der Waals surface area contributed by atoms with Gasteiger partial charge in [-0.1, -0.05) is 23.8 Å². The smallest absolute Gasteiger partial charge is 0.287 e. The standard InChI is InChI=1S/C17H19N3O3/c1-11-6-7-14(12(2)9-11)13(3)19-20-16(21)10-18-17(22)15-5-4-8-23-15/h4-9H,10H2,1-3H3,(H,18,22)(H,20,21)/b19-13+. The molecule has 6 heteroatoms. The summed E-state index contributed by atoms with van der Waals surface area (Å²) in [6.45, 7) is 5.65. The van der Waals surface area contributed by atoms with Crippen LogP contribution in [0.3, 0.4) is 0 Å². The lowest BCUT2D eigenvalue weighted by atomic mass is 10.0. The van der Waals surface area contributed by atoms with Gasteiger partial charge in [-0.2, -0.15) is 5.10 Å². The van der Waals surface area contributed by atoms with Gasteiger partial charge in [-0.3, -0.25) is 9.59 Å². The summed E-state index contributed by atoms with van der Waals surface area (Å²) in [5, 5.41) is 6.52. The van der Waals surface area contributed by atoms with Gasteiger partial charge < -0.3 is 9.73 Å². The Bertz CT molecular complexity index is 734. The number of carbonyl (C=O) groups excluding carboxylic acids is 2. The Kier molecular flexibility index (Phi) is 5.30. The molecule has 0 aliphatic heterocycles. The van der Waals surface area contributed by atoms with Crippen LogP contribution in [0.5, 0.6) is 0 Å². The predicted molar refractivity (Wildman–Crippen MR) is 87.3 cm³/mol. The summed E-state index contributed by atoms with van der Waals surface area (Å²) in [7, 11) is 0. The molecule has 1 heterocycles. The third kappa shape index (κ3) is 4.54. The molecule has 0 saturated heterocycles. The van der Waals surface area contributed by atoms with Crippen molar-refractivity contribution in [2.24, 2.45) is 5.10 Å². The number of amides is 2. The van der Waals surface area contributed by atoms with Gasteiger partial charge >= 0.3 is 0 Å². The third-order valence-electron chi connectivity index (χ3n) is 3.27. The van der Waals surface area contributed by atoms with E-state index in [1.165, 1.54) is 17.9 Å². The topological polar surface area (TPSA) is 83.7 Å². The number of rotatable bonds is 5. The van der Waals surface area contributed by atoms with Crippen LogP contribution in [0.15, 0.2) is 46.1 Å². The Hall–Kier alpha value is -2.89. The van der Waals surface area contributed by atoms with Crippen molar-refractivity contribution in [3.63, 3.8) is 0 Å². The summed E-state index contributed by atoms with van der Waals surface area (Å²) in [5.74, 6) is -0.693. The molecule has 0 bridgehead atoms. The van der Waals surface area contributed by atoms with E-state index >= 15 is 0 Å². The van der Waals surface area contributed by atoms with E-state index in [2.05, 4.69) is 21.9 Å². The Labute approximate surface area is 134 Å². The van der Waals surface area contributed by atoms with E-state index in [-0.39, 0.29) is 12.3 Å². The van der Waals surface area contributed by atoms with Crippen LogP contribution in [0, 0.1) is 13.8 Å². The zero-order valence-electron chi connectivity index (χ0n) is 13.3. The maximum Gasteiger partial charge on any atom is 0.287 e. The van der Waals surface area contributed by atoms with Crippen molar-refractivity contribution in [3.8, 4) is 0 Å². The number of hydrazone groups is 1. The Morgan fingerprint density at radius 1 is 1.22 bits per heavy atom. The first-order valence-electron chi connectivity index (χ1n) is 7.20. The van der Waals surface area contributed by atoms with E-state index in [1.54, 1.807) is 6.07 Å². The van der Waals surface area contributed by atoms with Crippen molar-refractivity contribution in [1.29, 1.82) is 0 Å². The molecule has 2 rings (SSSR count). The molecule has 0 aliphatic carbocycles. The van der Waals surface area contributed by atoms with E-state index in [4.69, 9.17) is 4.42 Å². The lowest BCUT2D eigenvalue weighted by molar-refractivity contribution is -0.120. The molecule has 2 N–H and O–H groups in total. The molecule has 23 heavy (non-hydrogen) atoms. The highest BCUT2D eigenvalue weighted by atomic mass is 16.3. The minimum Gasteiger partial charge on any atom is -0.459 e. The summed E-state index contributed by atoms with van der Waals surface area (Å²) >= 11 is 0. The number of hydrogen-bond acceptors (Lipinski definition) is 4. The van der Waals surface area contributed by atoms with Crippen molar-refractivity contribution in [3.05, 3.63) is 59.0 Å². The van der Waals surface area contributed by atoms with E-state index < -0.39 is 11.8 Å². The fraction of sp³-hybridized carbons (Fsp3) is 0.235. The second-order valence-electron chi connectivity index (χ2n) is 5.21. The summed E-state index contributed by atoms with van der Waals surface area (Å²) in [6, 6.07) is 9.14. The lowest BCUT2D eigenvalue weighted by Gasteiger charge is -2.07. The molecule has 0 saturated carbocycles. The van der Waals surface area contributed by atoms with Gasteiger partial charge in [0.05, 0.1) is 18.5 Å². The zero-order chi connectivity index (χ0) is 16.8. The molecular weight excluding hydrogens is 294 g/mol. The maximum absolute atomic E-state index is 11.7. The summed E-state index contributed by atoms with van der Waals surface area (Å²) in [6.07, 6.45) is 1.40. The number of aryl methyl sites for hydroxylation is 2. The highest BCUT2D eigenvalue weighted by Crippen LogP contribution is 2.11. The maximum atomic E-state index is 11.7. The molecule has 0 unspecified atom stereocenters. The number of nitrogens with zero attached hydrogens (tertiary/aromatic N) is 1. The molecule has 0 fully saturated rings. The van der Waals surface area contributed by atoms with Crippen molar-refractivity contribution < 1.29 is 14.0 Å². The van der Waals surface area contributed by atoms with Crippen LogP contribution in [-0.4, -0.2) is 24.1 Å². The third-order valence-corrected chi connectivity index (χ3v) is 3.27. The minimum atomic E-state index is -0.444. The fourth-order valence-electron chi connectivity index (χ4n) is 2.12. The predicted octanol–water partition coefficient (Wildman–Crippen LogP) is 2.17. The van der Waals surface area contributed by atoms with Gasteiger partial charge in [0, 0.05) is 5.56 Å². The number of nitrogens with one attached hydrogen (secondary N) is 2. The van der Waals surface area contributed by atoms with Crippen LogP contribution in [0.4, 0.5) is 0 Å². The molecule has 2 amide bonds. The zero-order valence-corrected chi connectivity index (χ0v) is 13.3. The van der Waals surface area contributed by atoms with Crippen LogP contribution < -0.4 is 10.7 Å². The van der Waals surface area contributed by atoms with Gasteiger partial charge in [0.25, 0.3) is 11.8 Å². The fourth-order valence-corrected chi connectivity index (χ4v) is 2.12. The molecule has 1 aromatic heterocycles. The van der Waals surface area contributed by atoms with Gasteiger partial charge in [0.1, 0.15) is 0 Å². The molecule has 0 atom stereocenters. The SMILES string of the molecule is C/C(=N\NC(=O)CNC(=O)c1ccco1)c1ccc(C)cc1C. The molecule has 0 aliphatic rings. The Morgan fingerprint density at radius 2 is 2.00 bits per heavy atom. The van der Waals surface area contributed by atoms with Crippen LogP contribution in [0.1, 0.15) is 34.2 Å². The van der Waals surface area contributed by atoms with E-state index in [1.807, 2.05) is 32.9 Å². The van der Waals surface area contributed by atoms with Crippen LogP contribution in [0.25, 0.3) is 0 Å². The number of hydrogen-bond donors (Lipinski definition) is 2. The van der Waals surface area contributed by atoms with Gasteiger partial charge in [-0.05, 0) is 38.5 Å². The second kappa shape index (κ2) is 7.40. The number of carbonyl (C=O) groups is 2. The largest absolute Gasteiger partial charge is 0.459 e. The molecule has 0 radical (unpaired) electrons. The summed E-state index contributed by atoms with van der Waals surface area (Å²) < 4.78 is 4.94. The molecule has 1 aromatic carbocycles. The highest BCUT2D eigenvalue weighted by molar-refractivity contribution is 6.00. The number of benzene rings is 1. The number of furan rings is 1. The van der Waals surface area contributed by atoms with Crippen molar-refractivity contribution in [1.82, 2.24) is 10.7 Å². The van der Waals surface area contributed by atoms with Crippen LogP contribution >= 0.6 is 0 Å². The average molecular weight is 313 g/mol. The Morgan fingerprint density at radius 3 is 2.65 bits per heavy atom. The normalized spacial score (nSPS) is 11.2. The average Bonchev–Trinajstić information content (AvgIpc) is 3.04. The lowest BCUT2D eigenvalue weighted by Crippen LogP contribution is -2.35. The molecular formula is C17H19N3O3. The van der Waals surface area contributed by atoms with Gasteiger partial charge in [0.15, 0.2) is 5.76 Å². The van der Waals surface area contributed by atoms with E-state index in [9.17, 15) is 9.59 Å². The summed E-state index contributed by atoms with van der Waals surface area (Å²) in [5.41, 5.74) is 6.36. The summed E-state index contributed by atoms with van der Waals surface area (Å²) in [4.78, 5) is 23.4. The van der Waals surface area contributed by atoms with Crippen molar-refractivity contribution in [2.45, 2.75) is 20.8 Å². The van der Waals surface area contributed by atoms with Crippen LogP contribution in [0.2, 0.25) is 0 Å². The van der Waals surface area contributed by atoms with Gasteiger partial charge in [-0.25, -0.2) is 5.43 Å². The first-order valence-corrected chi connectivity index (χ1v) is 7.20. The quantitative estimate of drug-likeness (QED) is 0.655. The van der Waals surface area contributed by atoms with E-state index in [0.717, 1.165) is 11.1 Å². The van der Waals surface area contributed by atoms with Crippen molar-refractivity contribution >= 4 is 17.5 Å². The minimum absolute atomic E-state index is 0.160. The molecule has 2 aromatic rings.